The Morgan fingerprint density at radius 3 is 2.53 bits per heavy atom. The topological polar surface area (TPSA) is 107 Å². The zero-order valence-corrected chi connectivity index (χ0v) is 7.67. The number of aromatic hydroxyl groups is 2. The Bertz CT molecular complexity index is 436. The molecule has 0 unspecified atom stereocenters. The molecule has 0 aromatic heterocycles. The van der Waals surface area contributed by atoms with Crippen molar-refractivity contribution in [2.45, 2.75) is 12.8 Å². The van der Waals surface area contributed by atoms with Gasteiger partial charge < -0.3 is 10.2 Å². The first-order chi connectivity index (χ1) is 7.06. The minimum atomic E-state index is -0.661. The number of aryl methyl sites for hydroxylation is 1. The smallest absolute Gasteiger partial charge is 0.276 e. The molecule has 6 heteroatoms. The monoisotopic (exact) mass is 208 g/mol. The molecule has 0 radical (unpaired) electrons. The molecule has 0 saturated carbocycles. The van der Waals surface area contributed by atoms with Crippen LogP contribution in [0.3, 0.4) is 0 Å². The van der Waals surface area contributed by atoms with Crippen LogP contribution in [0.1, 0.15) is 12.0 Å². The Kier molecular flexibility index (Phi) is 3.08. The highest BCUT2D eigenvalue weighted by molar-refractivity contribution is 5.53. The number of nitro groups is 1. The summed E-state index contributed by atoms with van der Waals surface area (Å²) in [4.78, 5) is 9.92. The molecule has 1 rings (SSSR count). The number of nitro benzene ring substituents is 1. The first-order valence-corrected chi connectivity index (χ1v) is 4.12. The Morgan fingerprint density at radius 2 is 2.00 bits per heavy atom. The van der Waals surface area contributed by atoms with Gasteiger partial charge in [0, 0.05) is 12.0 Å². The van der Waals surface area contributed by atoms with Crippen LogP contribution in [0.2, 0.25) is 0 Å². The van der Waals surface area contributed by atoms with Crippen molar-refractivity contribution >= 4 is 5.69 Å². The van der Waals surface area contributed by atoms with Crippen molar-refractivity contribution in [3.8, 4) is 17.6 Å². The molecule has 0 saturated heterocycles. The van der Waals surface area contributed by atoms with E-state index < -0.39 is 16.4 Å². The number of hydrogen-bond acceptors (Lipinski definition) is 5. The average Bonchev–Trinajstić information content (AvgIpc) is 2.19. The molecule has 0 aliphatic heterocycles. The Labute approximate surface area is 85.2 Å². The van der Waals surface area contributed by atoms with Gasteiger partial charge in [0.05, 0.1) is 17.1 Å². The lowest BCUT2D eigenvalue weighted by Crippen LogP contribution is -1.95. The van der Waals surface area contributed by atoms with Gasteiger partial charge in [0.2, 0.25) is 0 Å². The number of rotatable bonds is 3. The lowest BCUT2D eigenvalue weighted by atomic mass is 10.1. The summed E-state index contributed by atoms with van der Waals surface area (Å²) in [5.41, 5.74) is -0.0580. The molecule has 78 valence electrons. The largest absolute Gasteiger partial charge is 0.504 e. The van der Waals surface area contributed by atoms with Gasteiger partial charge in [-0.1, -0.05) is 0 Å². The van der Waals surface area contributed by atoms with Gasteiger partial charge in [-0.3, -0.25) is 10.1 Å². The van der Waals surface area contributed by atoms with Crippen molar-refractivity contribution in [2.75, 3.05) is 0 Å². The van der Waals surface area contributed by atoms with Crippen molar-refractivity contribution in [1.29, 1.82) is 5.26 Å². The minimum Gasteiger partial charge on any atom is -0.504 e. The molecule has 1 aromatic rings. The molecule has 0 heterocycles. The van der Waals surface area contributed by atoms with Crippen molar-refractivity contribution < 1.29 is 15.1 Å². The standard InChI is InChI=1S/C9H8N2O4/c10-3-1-2-6-4-8(12)9(13)5-7(6)11(14)15/h4-5,12-13H,1-2H2. The highest BCUT2D eigenvalue weighted by Crippen LogP contribution is 2.33. The fourth-order valence-electron chi connectivity index (χ4n) is 1.17. The van der Waals surface area contributed by atoms with E-state index >= 15 is 0 Å². The summed E-state index contributed by atoms with van der Waals surface area (Å²) in [6.45, 7) is 0. The molecule has 0 spiro atoms. The third-order valence-electron chi connectivity index (χ3n) is 1.88. The van der Waals surface area contributed by atoms with Gasteiger partial charge in [0.15, 0.2) is 11.5 Å². The molecule has 2 N–H and O–H groups in total. The molecule has 0 aliphatic carbocycles. The first kappa shape index (κ1) is 10.8. The van der Waals surface area contributed by atoms with Crippen LogP contribution in [0.5, 0.6) is 11.5 Å². The third kappa shape index (κ3) is 2.34. The summed E-state index contributed by atoms with van der Waals surface area (Å²) in [6, 6.07) is 3.83. The van der Waals surface area contributed by atoms with Crippen molar-refractivity contribution in [3.63, 3.8) is 0 Å². The summed E-state index contributed by atoms with van der Waals surface area (Å²) in [5, 5.41) is 37.2. The van der Waals surface area contributed by atoms with Gasteiger partial charge in [0.25, 0.3) is 5.69 Å². The summed E-state index contributed by atoms with van der Waals surface area (Å²) in [7, 11) is 0. The van der Waals surface area contributed by atoms with Gasteiger partial charge in [-0.25, -0.2) is 0 Å². The highest BCUT2D eigenvalue weighted by atomic mass is 16.6. The number of nitrogens with zero attached hydrogens (tertiary/aromatic N) is 2. The van der Waals surface area contributed by atoms with Gasteiger partial charge in [0.1, 0.15) is 0 Å². The maximum Gasteiger partial charge on any atom is 0.276 e. The van der Waals surface area contributed by atoms with Crippen LogP contribution in [0.15, 0.2) is 12.1 Å². The Balaban J connectivity index is 3.17. The highest BCUT2D eigenvalue weighted by Gasteiger charge is 2.17. The van der Waals surface area contributed by atoms with Gasteiger partial charge in [-0.2, -0.15) is 5.26 Å². The molecule has 6 nitrogen and oxygen atoms in total. The molecular weight excluding hydrogens is 200 g/mol. The number of phenolic OH excluding ortho intramolecular Hbond substituents is 2. The van der Waals surface area contributed by atoms with Gasteiger partial charge in [-0.05, 0) is 12.5 Å². The second kappa shape index (κ2) is 4.28. The third-order valence-corrected chi connectivity index (χ3v) is 1.88. The van der Waals surface area contributed by atoms with E-state index in [1.807, 2.05) is 6.07 Å². The maximum atomic E-state index is 10.6. The van der Waals surface area contributed by atoms with Crippen LogP contribution in [-0.4, -0.2) is 15.1 Å². The number of benzene rings is 1. The predicted octanol–water partition coefficient (Wildman–Crippen LogP) is 1.46. The second-order valence-corrected chi connectivity index (χ2v) is 2.88. The quantitative estimate of drug-likeness (QED) is 0.444. The molecule has 15 heavy (non-hydrogen) atoms. The van der Waals surface area contributed by atoms with Crippen LogP contribution in [0, 0.1) is 21.4 Å². The van der Waals surface area contributed by atoms with Crippen LogP contribution >= 0.6 is 0 Å². The molecule has 0 atom stereocenters. The summed E-state index contributed by atoms with van der Waals surface area (Å²) in [6.07, 6.45) is 0.283. The zero-order valence-electron chi connectivity index (χ0n) is 7.67. The summed E-state index contributed by atoms with van der Waals surface area (Å²) < 4.78 is 0. The van der Waals surface area contributed by atoms with E-state index in [9.17, 15) is 10.1 Å². The van der Waals surface area contributed by atoms with Crippen molar-refractivity contribution in [1.82, 2.24) is 0 Å². The van der Waals surface area contributed by atoms with E-state index in [1.54, 1.807) is 0 Å². The molecule has 1 aromatic carbocycles. The minimum absolute atomic E-state index is 0.116. The fraction of sp³-hybridized carbons (Fsp3) is 0.222. The van der Waals surface area contributed by atoms with Crippen LogP contribution in [0.25, 0.3) is 0 Å². The second-order valence-electron chi connectivity index (χ2n) is 2.88. The zero-order chi connectivity index (χ0) is 11.4. The summed E-state index contributed by atoms with van der Waals surface area (Å²) >= 11 is 0. The van der Waals surface area contributed by atoms with Crippen LogP contribution in [0.4, 0.5) is 5.69 Å². The Morgan fingerprint density at radius 1 is 1.40 bits per heavy atom. The van der Waals surface area contributed by atoms with Crippen molar-refractivity contribution in [2.24, 2.45) is 0 Å². The number of phenols is 2. The lowest BCUT2D eigenvalue weighted by Gasteiger charge is -2.03. The normalized spacial score (nSPS) is 9.53. The van der Waals surface area contributed by atoms with E-state index in [-0.39, 0.29) is 24.1 Å². The SMILES string of the molecule is N#CCCc1cc(O)c(O)cc1[N+](=O)[O-]. The average molecular weight is 208 g/mol. The lowest BCUT2D eigenvalue weighted by molar-refractivity contribution is -0.385. The van der Waals surface area contributed by atoms with Gasteiger partial charge >= 0.3 is 0 Å². The van der Waals surface area contributed by atoms with E-state index in [0.717, 1.165) is 12.1 Å². The predicted molar refractivity (Wildman–Crippen MR) is 50.4 cm³/mol. The van der Waals surface area contributed by atoms with Crippen LogP contribution in [-0.2, 0) is 6.42 Å². The van der Waals surface area contributed by atoms with Crippen molar-refractivity contribution in [3.05, 3.63) is 27.8 Å². The molecule has 0 bridgehead atoms. The number of nitriles is 1. The van der Waals surface area contributed by atoms with E-state index in [4.69, 9.17) is 15.5 Å². The number of hydrogen-bond donors (Lipinski definition) is 2. The van der Waals surface area contributed by atoms with Crippen LogP contribution < -0.4 is 0 Å². The molecule has 0 aliphatic rings. The fourth-order valence-corrected chi connectivity index (χ4v) is 1.17. The molecular formula is C9H8N2O4. The van der Waals surface area contributed by atoms with Gasteiger partial charge in [-0.15, -0.1) is 0 Å². The molecule has 0 amide bonds. The maximum absolute atomic E-state index is 10.6. The Hall–Kier alpha value is -2.29. The molecule has 0 fully saturated rings. The summed E-state index contributed by atoms with van der Waals surface area (Å²) in [5.74, 6) is -0.962. The van der Waals surface area contributed by atoms with E-state index in [0.29, 0.717) is 0 Å². The van der Waals surface area contributed by atoms with E-state index in [1.165, 1.54) is 0 Å². The van der Waals surface area contributed by atoms with E-state index in [2.05, 4.69) is 0 Å². The first-order valence-electron chi connectivity index (χ1n) is 4.12.